The van der Waals surface area contributed by atoms with E-state index >= 15 is 0 Å². The molecular weight excluding hydrogens is 330 g/mol. The van der Waals surface area contributed by atoms with E-state index in [2.05, 4.69) is 12.2 Å². The van der Waals surface area contributed by atoms with Crippen molar-refractivity contribution in [2.45, 2.75) is 44.6 Å². The van der Waals surface area contributed by atoms with E-state index in [1.807, 2.05) is 0 Å². The SMILES string of the molecule is COC(=O)C1(NC(=O)CCOc2cccc(Cl)c2)CCC(C)CC1. The molecule has 24 heavy (non-hydrogen) atoms. The molecule has 0 bridgehead atoms. The van der Waals surface area contributed by atoms with Crippen LogP contribution in [0.4, 0.5) is 0 Å². The van der Waals surface area contributed by atoms with Gasteiger partial charge in [0.1, 0.15) is 11.3 Å². The van der Waals surface area contributed by atoms with E-state index in [1.165, 1.54) is 7.11 Å². The van der Waals surface area contributed by atoms with Crippen molar-refractivity contribution in [3.63, 3.8) is 0 Å². The maximum Gasteiger partial charge on any atom is 0.331 e. The van der Waals surface area contributed by atoms with Crippen molar-refractivity contribution in [1.29, 1.82) is 0 Å². The van der Waals surface area contributed by atoms with Crippen LogP contribution in [0.1, 0.15) is 39.0 Å². The monoisotopic (exact) mass is 353 g/mol. The van der Waals surface area contributed by atoms with E-state index in [0.717, 1.165) is 12.8 Å². The molecule has 0 spiro atoms. The number of nitrogens with one attached hydrogen (secondary N) is 1. The van der Waals surface area contributed by atoms with Crippen LogP contribution >= 0.6 is 11.6 Å². The minimum Gasteiger partial charge on any atom is -0.493 e. The number of benzene rings is 1. The zero-order valence-electron chi connectivity index (χ0n) is 14.1. The zero-order valence-corrected chi connectivity index (χ0v) is 14.9. The number of hydrogen-bond acceptors (Lipinski definition) is 4. The predicted molar refractivity (Wildman–Crippen MR) is 92.1 cm³/mol. The van der Waals surface area contributed by atoms with Crippen molar-refractivity contribution in [3.8, 4) is 5.75 Å². The second-order valence-electron chi connectivity index (χ2n) is 6.36. The minimum absolute atomic E-state index is 0.167. The summed E-state index contributed by atoms with van der Waals surface area (Å²) in [7, 11) is 1.36. The summed E-state index contributed by atoms with van der Waals surface area (Å²) in [5.41, 5.74) is -0.894. The van der Waals surface area contributed by atoms with Crippen molar-refractivity contribution >= 4 is 23.5 Å². The lowest BCUT2D eigenvalue weighted by Crippen LogP contribution is -2.56. The molecule has 1 aliphatic carbocycles. The molecule has 1 aromatic carbocycles. The van der Waals surface area contributed by atoms with Crippen LogP contribution in [0.2, 0.25) is 5.02 Å². The Kier molecular flexibility index (Phi) is 6.49. The van der Waals surface area contributed by atoms with Crippen LogP contribution in [-0.2, 0) is 14.3 Å². The predicted octanol–water partition coefficient (Wildman–Crippen LogP) is 3.35. The fourth-order valence-electron chi connectivity index (χ4n) is 2.98. The summed E-state index contributed by atoms with van der Waals surface area (Å²) in [6.45, 7) is 2.38. The normalized spacial score (nSPS) is 23.4. The van der Waals surface area contributed by atoms with E-state index in [-0.39, 0.29) is 24.9 Å². The molecule has 1 saturated carbocycles. The van der Waals surface area contributed by atoms with Gasteiger partial charge in [0, 0.05) is 5.02 Å². The molecule has 5 nitrogen and oxygen atoms in total. The summed E-state index contributed by atoms with van der Waals surface area (Å²) in [6, 6.07) is 7.01. The van der Waals surface area contributed by atoms with Gasteiger partial charge in [-0.3, -0.25) is 4.79 Å². The van der Waals surface area contributed by atoms with Crippen LogP contribution in [-0.4, -0.2) is 31.1 Å². The van der Waals surface area contributed by atoms with E-state index in [9.17, 15) is 9.59 Å². The first-order valence-corrected chi connectivity index (χ1v) is 8.61. The van der Waals surface area contributed by atoms with Crippen LogP contribution < -0.4 is 10.1 Å². The summed E-state index contributed by atoms with van der Waals surface area (Å²) in [5.74, 6) is 0.603. The molecule has 1 N–H and O–H groups in total. The fourth-order valence-corrected chi connectivity index (χ4v) is 3.16. The Labute approximate surface area is 147 Å². The number of rotatable bonds is 6. The first-order valence-electron chi connectivity index (χ1n) is 8.23. The quantitative estimate of drug-likeness (QED) is 0.796. The standard InChI is InChI=1S/C18H24ClNO4/c1-13-6-9-18(10-7-13,17(22)23-2)20-16(21)8-11-24-15-5-3-4-14(19)12-15/h3-5,12-13H,6-11H2,1-2H3,(H,20,21). The molecule has 1 amide bonds. The van der Waals surface area contributed by atoms with Gasteiger partial charge in [-0.2, -0.15) is 0 Å². The highest BCUT2D eigenvalue weighted by Gasteiger charge is 2.43. The first kappa shape index (κ1) is 18.6. The first-order chi connectivity index (χ1) is 11.4. The van der Waals surface area contributed by atoms with E-state index in [1.54, 1.807) is 24.3 Å². The molecule has 0 saturated heterocycles. The number of carbonyl (C=O) groups excluding carboxylic acids is 2. The van der Waals surface area contributed by atoms with Gasteiger partial charge >= 0.3 is 5.97 Å². The second kappa shape index (κ2) is 8.38. The molecule has 0 heterocycles. The van der Waals surface area contributed by atoms with Crippen molar-refractivity contribution in [2.24, 2.45) is 5.92 Å². The van der Waals surface area contributed by atoms with Crippen molar-refractivity contribution in [3.05, 3.63) is 29.3 Å². The molecule has 1 fully saturated rings. The molecule has 0 unspecified atom stereocenters. The van der Waals surface area contributed by atoms with E-state index < -0.39 is 5.54 Å². The third-order valence-corrected chi connectivity index (χ3v) is 4.71. The third kappa shape index (κ3) is 4.87. The molecule has 1 aliphatic rings. The topological polar surface area (TPSA) is 64.6 Å². The number of ether oxygens (including phenoxy) is 2. The van der Waals surface area contributed by atoms with Crippen molar-refractivity contribution in [2.75, 3.05) is 13.7 Å². The van der Waals surface area contributed by atoms with Crippen LogP contribution in [0, 0.1) is 5.92 Å². The van der Waals surface area contributed by atoms with Crippen LogP contribution in [0.3, 0.4) is 0 Å². The highest BCUT2D eigenvalue weighted by molar-refractivity contribution is 6.30. The molecule has 1 aromatic rings. The van der Waals surface area contributed by atoms with Gasteiger partial charge in [-0.15, -0.1) is 0 Å². The fraction of sp³-hybridized carbons (Fsp3) is 0.556. The van der Waals surface area contributed by atoms with Gasteiger partial charge in [0.15, 0.2) is 0 Å². The number of amides is 1. The molecule has 0 atom stereocenters. The Bertz CT molecular complexity index is 582. The second-order valence-corrected chi connectivity index (χ2v) is 6.80. The van der Waals surface area contributed by atoms with Crippen molar-refractivity contribution < 1.29 is 19.1 Å². The Morgan fingerprint density at radius 3 is 2.67 bits per heavy atom. The minimum atomic E-state index is -0.894. The Morgan fingerprint density at radius 2 is 2.04 bits per heavy atom. The molecule has 0 aromatic heterocycles. The lowest BCUT2D eigenvalue weighted by molar-refractivity contribution is -0.153. The molecule has 0 aliphatic heterocycles. The number of methoxy groups -OCH3 is 1. The van der Waals surface area contributed by atoms with Crippen LogP contribution in [0.15, 0.2) is 24.3 Å². The zero-order chi connectivity index (χ0) is 17.6. The highest BCUT2D eigenvalue weighted by Crippen LogP contribution is 2.33. The smallest absolute Gasteiger partial charge is 0.331 e. The largest absolute Gasteiger partial charge is 0.493 e. The highest BCUT2D eigenvalue weighted by atomic mass is 35.5. The van der Waals surface area contributed by atoms with Gasteiger partial charge in [0.05, 0.1) is 20.1 Å². The Hall–Kier alpha value is -1.75. The summed E-state index contributed by atoms with van der Waals surface area (Å²) in [5, 5.41) is 3.46. The average Bonchev–Trinajstić information content (AvgIpc) is 2.56. The number of hydrogen-bond donors (Lipinski definition) is 1. The third-order valence-electron chi connectivity index (χ3n) is 4.48. The van der Waals surface area contributed by atoms with Crippen LogP contribution in [0.25, 0.3) is 0 Å². The lowest BCUT2D eigenvalue weighted by atomic mass is 9.77. The maximum atomic E-state index is 12.3. The number of halogens is 1. The maximum absolute atomic E-state index is 12.3. The van der Waals surface area contributed by atoms with Gasteiger partial charge in [-0.1, -0.05) is 24.6 Å². The van der Waals surface area contributed by atoms with E-state index in [0.29, 0.717) is 29.5 Å². The summed E-state index contributed by atoms with van der Waals surface area (Å²) >= 11 is 5.89. The van der Waals surface area contributed by atoms with Gasteiger partial charge in [0.2, 0.25) is 5.91 Å². The molecule has 0 radical (unpaired) electrons. The summed E-state index contributed by atoms with van der Waals surface area (Å²) in [4.78, 5) is 24.4. The average molecular weight is 354 g/mol. The summed E-state index contributed by atoms with van der Waals surface area (Å²) in [6.07, 6.45) is 3.19. The molecule has 2 rings (SSSR count). The Morgan fingerprint density at radius 1 is 1.33 bits per heavy atom. The van der Waals surface area contributed by atoms with Crippen molar-refractivity contribution in [1.82, 2.24) is 5.32 Å². The molecule has 132 valence electrons. The Balaban J connectivity index is 1.87. The molecule has 6 heteroatoms. The van der Waals surface area contributed by atoms with E-state index in [4.69, 9.17) is 21.1 Å². The van der Waals surface area contributed by atoms with Gasteiger partial charge < -0.3 is 14.8 Å². The number of esters is 1. The lowest BCUT2D eigenvalue weighted by Gasteiger charge is -2.37. The van der Waals surface area contributed by atoms with Gasteiger partial charge in [0.25, 0.3) is 0 Å². The van der Waals surface area contributed by atoms with Gasteiger partial charge in [-0.25, -0.2) is 4.79 Å². The van der Waals surface area contributed by atoms with Gasteiger partial charge in [-0.05, 0) is 49.8 Å². The molecular formula is C18H24ClNO4. The summed E-state index contributed by atoms with van der Waals surface area (Å²) < 4.78 is 10.4. The van der Waals surface area contributed by atoms with Crippen LogP contribution in [0.5, 0.6) is 5.75 Å². The number of carbonyl (C=O) groups is 2.